The first kappa shape index (κ1) is 20.7. The molecule has 1 aromatic carbocycles. The van der Waals surface area contributed by atoms with E-state index in [1.807, 2.05) is 21.4 Å². The van der Waals surface area contributed by atoms with Crippen LogP contribution in [0, 0.1) is 6.92 Å². The zero-order valence-corrected chi connectivity index (χ0v) is 19.2. The average Bonchev–Trinajstić information content (AvgIpc) is 3.38. The normalized spacial score (nSPS) is 14.5. The van der Waals surface area contributed by atoms with E-state index in [4.69, 9.17) is 10.1 Å². The molecule has 0 radical (unpaired) electrons. The maximum Gasteiger partial charge on any atom is 0.242 e. The third-order valence-electron chi connectivity index (χ3n) is 5.14. The Hall–Kier alpha value is -2.61. The van der Waals surface area contributed by atoms with E-state index in [0.717, 1.165) is 53.1 Å². The molecule has 1 amide bonds. The molecule has 3 heterocycles. The highest BCUT2D eigenvalue weighted by Gasteiger charge is 2.24. The molecule has 30 heavy (non-hydrogen) atoms. The average molecular weight is 427 g/mol. The predicted molar refractivity (Wildman–Crippen MR) is 123 cm³/mol. The van der Waals surface area contributed by atoms with Crippen LogP contribution in [0.1, 0.15) is 39.2 Å². The maximum absolute atomic E-state index is 12.5. The number of imidazole rings is 1. The molecule has 4 rings (SSSR count). The summed E-state index contributed by atoms with van der Waals surface area (Å²) in [5, 5.41) is 9.18. The largest absolute Gasteiger partial charge is 0.364 e. The van der Waals surface area contributed by atoms with Crippen molar-refractivity contribution in [3.63, 3.8) is 0 Å². The topological polar surface area (TPSA) is 65.8 Å². The van der Waals surface area contributed by atoms with Gasteiger partial charge in [0.05, 0.1) is 6.54 Å². The van der Waals surface area contributed by atoms with Crippen molar-refractivity contribution in [2.24, 2.45) is 0 Å². The molecule has 1 aliphatic rings. The van der Waals surface area contributed by atoms with Gasteiger partial charge in [0, 0.05) is 31.2 Å². The Morgan fingerprint density at radius 2 is 2.00 bits per heavy atom. The Balaban J connectivity index is 1.67. The van der Waals surface area contributed by atoms with Crippen LogP contribution >= 0.6 is 11.3 Å². The van der Waals surface area contributed by atoms with Gasteiger partial charge in [-0.15, -0.1) is 5.10 Å². The minimum atomic E-state index is -0.143. The zero-order valence-electron chi connectivity index (χ0n) is 18.4. The number of carbonyl (C=O) groups excluding carboxylic acids is 1. The van der Waals surface area contributed by atoms with Gasteiger partial charge in [-0.2, -0.15) is 4.52 Å². The minimum absolute atomic E-state index is 0.143. The number of aryl methyl sites for hydroxylation is 1. The van der Waals surface area contributed by atoms with Gasteiger partial charge in [-0.3, -0.25) is 4.79 Å². The second-order valence-corrected chi connectivity index (χ2v) is 10.0. The van der Waals surface area contributed by atoms with Crippen molar-refractivity contribution in [2.45, 2.75) is 46.1 Å². The standard InChI is InChI=1S/C22H30N6OS/c1-15-9-8-10-16(13-15)18-19(24-22(2,3)4)28-20(23-18)30-21(25-28)26(5)14-17(29)27-11-6-7-12-27/h8-10,13,24H,6-7,11-12,14H2,1-5H3. The first-order chi connectivity index (χ1) is 14.2. The van der Waals surface area contributed by atoms with Crippen LogP contribution in [-0.2, 0) is 4.79 Å². The van der Waals surface area contributed by atoms with Crippen LogP contribution in [-0.4, -0.2) is 57.6 Å². The molecule has 0 saturated carbocycles. The number of likely N-dealkylation sites (tertiary alicyclic amines) is 1. The highest BCUT2D eigenvalue weighted by Crippen LogP contribution is 2.34. The summed E-state index contributed by atoms with van der Waals surface area (Å²) in [6.07, 6.45) is 2.20. The smallest absolute Gasteiger partial charge is 0.242 e. The molecule has 0 spiro atoms. The molecule has 2 aromatic heterocycles. The van der Waals surface area contributed by atoms with Crippen LogP contribution in [0.3, 0.4) is 0 Å². The lowest BCUT2D eigenvalue weighted by molar-refractivity contribution is -0.128. The van der Waals surface area contributed by atoms with E-state index in [1.54, 1.807) is 0 Å². The van der Waals surface area contributed by atoms with Crippen molar-refractivity contribution >= 4 is 33.2 Å². The number of aromatic nitrogens is 3. The summed E-state index contributed by atoms with van der Waals surface area (Å²) >= 11 is 1.51. The molecule has 7 nitrogen and oxygen atoms in total. The lowest BCUT2D eigenvalue weighted by Gasteiger charge is -2.22. The van der Waals surface area contributed by atoms with E-state index in [2.05, 4.69) is 57.3 Å². The number of hydrogen-bond donors (Lipinski definition) is 1. The Morgan fingerprint density at radius 1 is 1.27 bits per heavy atom. The molecule has 3 aromatic rings. The minimum Gasteiger partial charge on any atom is -0.364 e. The maximum atomic E-state index is 12.5. The van der Waals surface area contributed by atoms with Crippen molar-refractivity contribution in [1.82, 2.24) is 19.5 Å². The van der Waals surface area contributed by atoms with Crippen LogP contribution in [0.4, 0.5) is 10.9 Å². The molecule has 0 unspecified atom stereocenters. The van der Waals surface area contributed by atoms with Crippen molar-refractivity contribution in [2.75, 3.05) is 36.9 Å². The number of likely N-dealkylation sites (N-methyl/N-ethyl adjacent to an activating group) is 1. The van der Waals surface area contributed by atoms with Crippen LogP contribution in [0.5, 0.6) is 0 Å². The van der Waals surface area contributed by atoms with Gasteiger partial charge < -0.3 is 15.1 Å². The molecule has 160 valence electrons. The van der Waals surface area contributed by atoms with Crippen LogP contribution in [0.25, 0.3) is 16.2 Å². The Morgan fingerprint density at radius 3 is 2.67 bits per heavy atom. The van der Waals surface area contributed by atoms with Gasteiger partial charge in [0.2, 0.25) is 16.0 Å². The predicted octanol–water partition coefficient (Wildman–Crippen LogP) is 4.04. The van der Waals surface area contributed by atoms with Gasteiger partial charge in [0.15, 0.2) is 5.82 Å². The summed E-state index contributed by atoms with van der Waals surface area (Å²) in [6.45, 7) is 10.5. The first-order valence-corrected chi connectivity index (χ1v) is 11.3. The molecular weight excluding hydrogens is 396 g/mol. The fourth-order valence-corrected chi connectivity index (χ4v) is 4.55. The summed E-state index contributed by atoms with van der Waals surface area (Å²) in [5.41, 5.74) is 3.02. The van der Waals surface area contributed by atoms with Crippen LogP contribution in [0.15, 0.2) is 24.3 Å². The molecular formula is C22H30N6OS. The second kappa shape index (κ2) is 7.91. The van der Waals surface area contributed by atoms with Crippen LogP contribution in [0.2, 0.25) is 0 Å². The van der Waals surface area contributed by atoms with Crippen molar-refractivity contribution in [3.05, 3.63) is 29.8 Å². The number of nitrogens with zero attached hydrogens (tertiary/aromatic N) is 5. The summed E-state index contributed by atoms with van der Waals surface area (Å²) in [6, 6.07) is 8.36. The Labute approximate surface area is 181 Å². The van der Waals surface area contributed by atoms with Gasteiger partial charge in [0.25, 0.3) is 0 Å². The summed E-state index contributed by atoms with van der Waals surface area (Å²) in [7, 11) is 1.92. The van der Waals surface area contributed by atoms with E-state index >= 15 is 0 Å². The SMILES string of the molecule is Cc1cccc(-c2nc3sc(N(C)CC(=O)N4CCCC4)nn3c2NC(C)(C)C)c1. The number of rotatable bonds is 5. The van der Waals surface area contributed by atoms with Gasteiger partial charge in [-0.1, -0.05) is 35.1 Å². The van der Waals surface area contributed by atoms with E-state index < -0.39 is 0 Å². The molecule has 0 bridgehead atoms. The lowest BCUT2D eigenvalue weighted by Crippen LogP contribution is -2.37. The third-order valence-corrected chi connectivity index (χ3v) is 6.16. The lowest BCUT2D eigenvalue weighted by atomic mass is 10.1. The van der Waals surface area contributed by atoms with Crippen molar-refractivity contribution in [3.8, 4) is 11.3 Å². The van der Waals surface area contributed by atoms with Crippen molar-refractivity contribution < 1.29 is 4.79 Å². The molecule has 0 aliphatic carbocycles. The molecule has 0 atom stereocenters. The summed E-state index contributed by atoms with van der Waals surface area (Å²) in [4.78, 5) is 22.1. The molecule has 8 heteroatoms. The first-order valence-electron chi connectivity index (χ1n) is 10.4. The van der Waals surface area contributed by atoms with Crippen LogP contribution < -0.4 is 10.2 Å². The Kier molecular flexibility index (Phi) is 5.44. The van der Waals surface area contributed by atoms with Gasteiger partial charge in [-0.05, 0) is 46.6 Å². The number of nitrogens with one attached hydrogen (secondary N) is 1. The number of amides is 1. The van der Waals surface area contributed by atoms with Gasteiger partial charge >= 0.3 is 0 Å². The highest BCUT2D eigenvalue weighted by atomic mass is 32.1. The second-order valence-electron chi connectivity index (χ2n) is 9.08. The monoisotopic (exact) mass is 426 g/mol. The van der Waals surface area contributed by atoms with Crippen molar-refractivity contribution in [1.29, 1.82) is 0 Å². The fourth-order valence-electron chi connectivity index (χ4n) is 3.69. The van der Waals surface area contributed by atoms with Gasteiger partial charge in [-0.25, -0.2) is 4.98 Å². The van der Waals surface area contributed by atoms with E-state index in [9.17, 15) is 4.79 Å². The molecule has 1 N–H and O–H groups in total. The fraction of sp³-hybridized carbons (Fsp3) is 0.500. The molecule has 1 fully saturated rings. The van der Waals surface area contributed by atoms with Gasteiger partial charge in [0.1, 0.15) is 5.69 Å². The van der Waals surface area contributed by atoms with E-state index in [1.165, 1.54) is 16.9 Å². The summed E-state index contributed by atoms with van der Waals surface area (Å²) in [5.74, 6) is 1.04. The highest BCUT2D eigenvalue weighted by molar-refractivity contribution is 7.20. The summed E-state index contributed by atoms with van der Waals surface area (Å²) < 4.78 is 1.87. The Bertz CT molecular complexity index is 1060. The number of hydrogen-bond acceptors (Lipinski definition) is 6. The number of fused-ring (bicyclic) bond motifs is 1. The molecule has 1 saturated heterocycles. The molecule has 1 aliphatic heterocycles. The number of anilines is 2. The third kappa shape index (κ3) is 4.28. The van der Waals surface area contributed by atoms with E-state index in [-0.39, 0.29) is 11.4 Å². The number of carbonyl (C=O) groups is 1. The number of benzene rings is 1. The quantitative estimate of drug-likeness (QED) is 0.667. The van der Waals surface area contributed by atoms with E-state index in [0.29, 0.717) is 6.54 Å². The zero-order chi connectivity index (χ0) is 21.5.